The summed E-state index contributed by atoms with van der Waals surface area (Å²) in [5.41, 5.74) is 8.28. The van der Waals surface area contributed by atoms with Crippen molar-refractivity contribution in [2.24, 2.45) is 5.73 Å². The van der Waals surface area contributed by atoms with Crippen LogP contribution < -0.4 is 16.0 Å². The number of primary amides is 1. The molecule has 2 aromatic heterocycles. The van der Waals surface area contributed by atoms with Gasteiger partial charge in [-0.1, -0.05) is 12.1 Å². The molecule has 0 aliphatic heterocycles. The van der Waals surface area contributed by atoms with Crippen molar-refractivity contribution in [3.8, 4) is 5.75 Å². The molecule has 2 heterocycles. The lowest BCUT2D eigenvalue weighted by Gasteiger charge is -2.13. The van der Waals surface area contributed by atoms with Crippen molar-refractivity contribution in [2.75, 3.05) is 7.11 Å². The highest BCUT2D eigenvalue weighted by molar-refractivity contribution is 5.96. The van der Waals surface area contributed by atoms with Crippen LogP contribution in [0.25, 0.3) is 16.6 Å². The molecule has 0 spiro atoms. The molecule has 2 N–H and O–H groups in total. The van der Waals surface area contributed by atoms with Crippen molar-refractivity contribution in [3.05, 3.63) is 76.2 Å². The van der Waals surface area contributed by atoms with E-state index in [2.05, 4.69) is 5.10 Å². The number of ether oxygens (including phenoxy) is 1. The molecular weight excluding hydrogens is 332 g/mol. The molecule has 0 bridgehead atoms. The molecule has 0 aliphatic rings. The number of methoxy groups -OCH3 is 1. The zero-order valence-electron chi connectivity index (χ0n) is 14.0. The van der Waals surface area contributed by atoms with Gasteiger partial charge in [-0.05, 0) is 42.0 Å². The molecule has 4 aromatic rings. The highest BCUT2D eigenvalue weighted by Gasteiger charge is 2.14. The summed E-state index contributed by atoms with van der Waals surface area (Å²) < 4.78 is 8.37. The Balaban J connectivity index is 1.97. The van der Waals surface area contributed by atoms with Crippen LogP contribution in [0.3, 0.4) is 0 Å². The number of hydrogen-bond acceptors (Lipinski definition) is 4. The zero-order valence-corrected chi connectivity index (χ0v) is 14.0. The monoisotopic (exact) mass is 348 g/mol. The van der Waals surface area contributed by atoms with Gasteiger partial charge in [-0.25, -0.2) is 4.52 Å². The molecule has 0 aliphatic carbocycles. The van der Waals surface area contributed by atoms with E-state index in [-0.39, 0.29) is 5.56 Å². The summed E-state index contributed by atoms with van der Waals surface area (Å²) >= 11 is 0. The maximum atomic E-state index is 13.0. The van der Waals surface area contributed by atoms with Gasteiger partial charge in [0.2, 0.25) is 5.91 Å². The van der Waals surface area contributed by atoms with Gasteiger partial charge in [0.05, 0.1) is 30.9 Å². The fourth-order valence-corrected chi connectivity index (χ4v) is 3.05. The van der Waals surface area contributed by atoms with Crippen LogP contribution in [0.5, 0.6) is 5.75 Å². The minimum atomic E-state index is -0.545. The van der Waals surface area contributed by atoms with Crippen molar-refractivity contribution in [1.82, 2.24) is 14.2 Å². The lowest BCUT2D eigenvalue weighted by Crippen LogP contribution is -2.24. The Labute approximate surface area is 148 Å². The predicted octanol–water partition coefficient (Wildman–Crippen LogP) is 1.80. The summed E-state index contributed by atoms with van der Waals surface area (Å²) in [5.74, 6) is 0.198. The summed E-state index contributed by atoms with van der Waals surface area (Å²) in [6, 6.07) is 14.2. The second-order valence-electron chi connectivity index (χ2n) is 5.94. The normalized spacial score (nSPS) is 11.1. The Hall–Kier alpha value is -3.61. The molecule has 26 heavy (non-hydrogen) atoms. The Morgan fingerprint density at radius 2 is 1.85 bits per heavy atom. The van der Waals surface area contributed by atoms with E-state index in [9.17, 15) is 9.59 Å². The van der Waals surface area contributed by atoms with E-state index >= 15 is 0 Å². The first-order valence-corrected chi connectivity index (χ1v) is 8.01. The van der Waals surface area contributed by atoms with Crippen molar-refractivity contribution in [2.45, 2.75) is 6.54 Å². The number of aromatic nitrogens is 3. The largest absolute Gasteiger partial charge is 0.497 e. The minimum Gasteiger partial charge on any atom is -0.497 e. The zero-order chi connectivity index (χ0) is 18.3. The van der Waals surface area contributed by atoms with Crippen LogP contribution in [0.15, 0.2) is 59.5 Å². The number of amides is 1. The standard InChI is InChI=1S/C19H16N4O3/c1-26-14-5-2-12(3-6-14)11-22-17-10-13(18(20)24)4-7-15(17)23-16(19(22)25)8-9-21-23/h2-10H,11H2,1H3,(H2,20,24). The summed E-state index contributed by atoms with van der Waals surface area (Å²) in [6.45, 7) is 0.350. The molecule has 0 fully saturated rings. The van der Waals surface area contributed by atoms with Crippen molar-refractivity contribution in [3.63, 3.8) is 0 Å². The average Bonchev–Trinajstić information content (AvgIpc) is 3.15. The molecule has 7 nitrogen and oxygen atoms in total. The van der Waals surface area contributed by atoms with Crippen LogP contribution >= 0.6 is 0 Å². The fourth-order valence-electron chi connectivity index (χ4n) is 3.05. The SMILES string of the molecule is COc1ccc(Cn2c(=O)c3ccnn3c3ccc(C(N)=O)cc32)cc1. The van der Waals surface area contributed by atoms with Gasteiger partial charge in [-0.3, -0.25) is 9.59 Å². The first kappa shape index (κ1) is 15.9. The van der Waals surface area contributed by atoms with Gasteiger partial charge in [0, 0.05) is 5.56 Å². The second-order valence-corrected chi connectivity index (χ2v) is 5.94. The molecule has 0 atom stereocenters. The van der Waals surface area contributed by atoms with E-state index in [4.69, 9.17) is 10.5 Å². The molecule has 0 radical (unpaired) electrons. The van der Waals surface area contributed by atoms with Crippen LogP contribution in [-0.2, 0) is 6.54 Å². The topological polar surface area (TPSA) is 91.6 Å². The highest BCUT2D eigenvalue weighted by atomic mass is 16.5. The third-order valence-electron chi connectivity index (χ3n) is 4.39. The number of nitrogens with two attached hydrogens (primary N) is 1. The molecule has 1 amide bonds. The van der Waals surface area contributed by atoms with Crippen molar-refractivity contribution < 1.29 is 9.53 Å². The van der Waals surface area contributed by atoms with Gasteiger partial charge in [0.1, 0.15) is 11.3 Å². The number of hydrogen-bond donors (Lipinski definition) is 1. The van der Waals surface area contributed by atoms with E-state index in [1.54, 1.807) is 46.7 Å². The van der Waals surface area contributed by atoms with E-state index < -0.39 is 5.91 Å². The summed E-state index contributed by atoms with van der Waals surface area (Å²) in [6.07, 6.45) is 1.58. The number of carbonyl (C=O) groups excluding carboxylic acids is 1. The lowest BCUT2D eigenvalue weighted by molar-refractivity contribution is 0.100. The Kier molecular flexibility index (Phi) is 3.69. The molecular formula is C19H16N4O3. The van der Waals surface area contributed by atoms with Crippen molar-refractivity contribution >= 4 is 22.5 Å². The molecule has 2 aromatic carbocycles. The van der Waals surface area contributed by atoms with Gasteiger partial charge in [-0.15, -0.1) is 0 Å². The fraction of sp³-hybridized carbons (Fsp3) is 0.105. The number of benzene rings is 2. The first-order chi connectivity index (χ1) is 12.6. The van der Waals surface area contributed by atoms with E-state index in [1.807, 2.05) is 24.3 Å². The highest BCUT2D eigenvalue weighted by Crippen LogP contribution is 2.18. The average molecular weight is 348 g/mol. The van der Waals surface area contributed by atoms with E-state index in [0.29, 0.717) is 23.1 Å². The number of rotatable bonds is 4. The van der Waals surface area contributed by atoms with Crippen LogP contribution in [0.1, 0.15) is 15.9 Å². The van der Waals surface area contributed by atoms with Gasteiger partial charge in [-0.2, -0.15) is 5.10 Å². The van der Waals surface area contributed by atoms with Crippen LogP contribution in [0.4, 0.5) is 0 Å². The second kappa shape index (κ2) is 6.03. The Bertz CT molecular complexity index is 1190. The summed E-state index contributed by atoms with van der Waals surface area (Å²) in [7, 11) is 1.60. The van der Waals surface area contributed by atoms with Gasteiger partial charge in [0.25, 0.3) is 5.56 Å². The maximum Gasteiger partial charge on any atom is 0.277 e. The molecule has 0 unspecified atom stereocenters. The number of fused-ring (bicyclic) bond motifs is 3. The molecule has 7 heteroatoms. The smallest absolute Gasteiger partial charge is 0.277 e. The maximum absolute atomic E-state index is 13.0. The summed E-state index contributed by atoms with van der Waals surface area (Å²) in [4.78, 5) is 24.6. The third-order valence-corrected chi connectivity index (χ3v) is 4.39. The lowest BCUT2D eigenvalue weighted by atomic mass is 10.1. The third kappa shape index (κ3) is 2.50. The predicted molar refractivity (Wildman–Crippen MR) is 97.6 cm³/mol. The van der Waals surface area contributed by atoms with Crippen LogP contribution in [-0.4, -0.2) is 27.2 Å². The number of carbonyl (C=O) groups is 1. The van der Waals surface area contributed by atoms with Gasteiger partial charge < -0.3 is 15.0 Å². The minimum absolute atomic E-state index is 0.188. The number of nitrogens with zero attached hydrogens (tertiary/aromatic N) is 3. The Morgan fingerprint density at radius 3 is 2.54 bits per heavy atom. The van der Waals surface area contributed by atoms with Crippen LogP contribution in [0.2, 0.25) is 0 Å². The van der Waals surface area contributed by atoms with Gasteiger partial charge >= 0.3 is 0 Å². The molecule has 130 valence electrons. The van der Waals surface area contributed by atoms with E-state index in [0.717, 1.165) is 16.8 Å². The van der Waals surface area contributed by atoms with Crippen LogP contribution in [0, 0.1) is 0 Å². The molecule has 4 rings (SSSR count). The first-order valence-electron chi connectivity index (χ1n) is 8.01. The molecule has 0 saturated heterocycles. The van der Waals surface area contributed by atoms with E-state index in [1.165, 1.54) is 0 Å². The van der Waals surface area contributed by atoms with Gasteiger partial charge in [0.15, 0.2) is 0 Å². The van der Waals surface area contributed by atoms with Crippen molar-refractivity contribution in [1.29, 1.82) is 0 Å². The quantitative estimate of drug-likeness (QED) is 0.609. The summed E-state index contributed by atoms with van der Waals surface area (Å²) in [5, 5.41) is 4.22. The molecule has 0 saturated carbocycles. The Morgan fingerprint density at radius 1 is 1.08 bits per heavy atom.